The topological polar surface area (TPSA) is 136 Å². The largest absolute Gasteiger partial charge is 0.446 e. The Morgan fingerprint density at radius 3 is 2.67 bits per heavy atom. The van der Waals surface area contributed by atoms with Gasteiger partial charge in [0.25, 0.3) is 5.91 Å². The minimum Gasteiger partial charge on any atom is -0.382 e. The number of nitrogen functional groups attached to an aromatic ring is 2. The Bertz CT molecular complexity index is 1020. The number of hydrogen-bond acceptors (Lipinski definition) is 7. The third-order valence-electron chi connectivity index (χ3n) is 3.27. The highest BCUT2D eigenvalue weighted by atomic mass is 35.5. The lowest BCUT2D eigenvalue weighted by molar-refractivity contribution is -0.0328. The second-order valence-corrected chi connectivity index (χ2v) is 6.72. The third kappa shape index (κ3) is 4.52. The van der Waals surface area contributed by atoms with Crippen LogP contribution in [0.1, 0.15) is 16.3 Å². The molecule has 0 bridgehead atoms. The van der Waals surface area contributed by atoms with Crippen molar-refractivity contribution in [3.63, 3.8) is 0 Å². The molecule has 1 aromatic carbocycles. The zero-order chi connectivity index (χ0) is 19.8. The van der Waals surface area contributed by atoms with Crippen molar-refractivity contribution in [1.82, 2.24) is 25.3 Å². The SMILES string of the molecule is Nc1nc(N)c(C(=O)NCc2nc3cc(SC(F)(F)F)ccc3[nH]2)nc1Cl. The number of H-pyrrole nitrogens is 1. The van der Waals surface area contributed by atoms with Gasteiger partial charge >= 0.3 is 5.51 Å². The summed E-state index contributed by atoms with van der Waals surface area (Å²) < 4.78 is 37.4. The molecule has 13 heteroatoms. The summed E-state index contributed by atoms with van der Waals surface area (Å²) in [4.78, 5) is 26.7. The van der Waals surface area contributed by atoms with Crippen LogP contribution in [-0.2, 0) is 6.54 Å². The Labute approximate surface area is 158 Å². The minimum atomic E-state index is -4.39. The van der Waals surface area contributed by atoms with Crippen LogP contribution < -0.4 is 16.8 Å². The van der Waals surface area contributed by atoms with Gasteiger partial charge in [-0.15, -0.1) is 0 Å². The predicted molar refractivity (Wildman–Crippen MR) is 95.0 cm³/mol. The molecular formula is C14H11ClF3N7OS. The summed E-state index contributed by atoms with van der Waals surface area (Å²) in [7, 11) is 0. The predicted octanol–water partition coefficient (Wildman–Crippen LogP) is 2.71. The first-order valence-corrected chi connectivity index (χ1v) is 8.43. The van der Waals surface area contributed by atoms with Crippen LogP contribution >= 0.6 is 23.4 Å². The van der Waals surface area contributed by atoms with Crippen LogP contribution in [0.3, 0.4) is 0 Å². The molecule has 2 aromatic heterocycles. The number of thioether (sulfide) groups is 1. The molecule has 142 valence electrons. The molecule has 0 aliphatic carbocycles. The zero-order valence-corrected chi connectivity index (χ0v) is 14.8. The molecular weight excluding hydrogens is 407 g/mol. The van der Waals surface area contributed by atoms with E-state index in [0.29, 0.717) is 16.9 Å². The van der Waals surface area contributed by atoms with Crippen LogP contribution in [0.2, 0.25) is 5.15 Å². The number of carbonyl (C=O) groups is 1. The van der Waals surface area contributed by atoms with Crippen molar-refractivity contribution >= 4 is 51.9 Å². The molecule has 6 N–H and O–H groups in total. The molecule has 2 heterocycles. The van der Waals surface area contributed by atoms with Crippen molar-refractivity contribution in [2.24, 2.45) is 0 Å². The first-order chi connectivity index (χ1) is 12.6. The van der Waals surface area contributed by atoms with Crippen molar-refractivity contribution in [3.8, 4) is 0 Å². The quantitative estimate of drug-likeness (QED) is 0.479. The van der Waals surface area contributed by atoms with Gasteiger partial charge in [0.1, 0.15) is 5.82 Å². The highest BCUT2D eigenvalue weighted by Crippen LogP contribution is 2.37. The first kappa shape index (κ1) is 19.0. The Morgan fingerprint density at radius 2 is 1.96 bits per heavy atom. The number of anilines is 2. The number of nitrogens with one attached hydrogen (secondary N) is 2. The number of aromatic nitrogens is 4. The van der Waals surface area contributed by atoms with Crippen LogP contribution in [-0.4, -0.2) is 31.4 Å². The lowest BCUT2D eigenvalue weighted by Gasteiger charge is -2.06. The number of alkyl halides is 3. The monoisotopic (exact) mass is 417 g/mol. The van der Waals surface area contributed by atoms with Gasteiger partial charge in [-0.05, 0) is 30.0 Å². The van der Waals surface area contributed by atoms with Gasteiger partial charge in [-0.1, -0.05) is 11.6 Å². The van der Waals surface area contributed by atoms with Gasteiger partial charge in [-0.3, -0.25) is 4.79 Å². The van der Waals surface area contributed by atoms with Crippen molar-refractivity contribution < 1.29 is 18.0 Å². The average Bonchev–Trinajstić information content (AvgIpc) is 2.96. The molecule has 27 heavy (non-hydrogen) atoms. The summed E-state index contributed by atoms with van der Waals surface area (Å²) in [6.07, 6.45) is 0. The van der Waals surface area contributed by atoms with Gasteiger partial charge in [0, 0.05) is 4.90 Å². The Kier molecular flexibility index (Phi) is 5.02. The van der Waals surface area contributed by atoms with Crippen LogP contribution in [0.4, 0.5) is 24.8 Å². The second-order valence-electron chi connectivity index (χ2n) is 5.23. The molecule has 0 saturated heterocycles. The van der Waals surface area contributed by atoms with E-state index in [1.54, 1.807) is 0 Å². The molecule has 3 aromatic rings. The molecule has 0 aliphatic heterocycles. The number of carbonyl (C=O) groups excluding carboxylic acids is 1. The molecule has 0 atom stereocenters. The number of hydrogen-bond donors (Lipinski definition) is 4. The van der Waals surface area contributed by atoms with Crippen molar-refractivity contribution in [3.05, 3.63) is 34.9 Å². The van der Waals surface area contributed by atoms with E-state index in [4.69, 9.17) is 23.1 Å². The third-order valence-corrected chi connectivity index (χ3v) is 4.27. The van der Waals surface area contributed by atoms with E-state index < -0.39 is 11.4 Å². The van der Waals surface area contributed by atoms with Crippen molar-refractivity contribution in [1.29, 1.82) is 0 Å². The van der Waals surface area contributed by atoms with Gasteiger partial charge < -0.3 is 21.8 Å². The Balaban J connectivity index is 1.73. The maximum atomic E-state index is 12.5. The number of fused-ring (bicyclic) bond motifs is 1. The molecule has 0 saturated carbocycles. The lowest BCUT2D eigenvalue weighted by Crippen LogP contribution is -2.26. The second kappa shape index (κ2) is 7.12. The van der Waals surface area contributed by atoms with Crippen molar-refractivity contribution in [2.45, 2.75) is 16.9 Å². The highest BCUT2D eigenvalue weighted by molar-refractivity contribution is 8.00. The maximum Gasteiger partial charge on any atom is 0.446 e. The van der Waals surface area contributed by atoms with Crippen LogP contribution in [0.5, 0.6) is 0 Å². The Morgan fingerprint density at radius 1 is 1.22 bits per heavy atom. The number of nitrogens with two attached hydrogens (primary N) is 2. The van der Waals surface area contributed by atoms with E-state index in [1.807, 2.05) is 0 Å². The summed E-state index contributed by atoms with van der Waals surface area (Å²) in [5, 5.41) is 2.36. The van der Waals surface area contributed by atoms with Gasteiger partial charge in [0.15, 0.2) is 22.5 Å². The number of amides is 1. The number of aromatic amines is 1. The van der Waals surface area contributed by atoms with Crippen LogP contribution in [0.15, 0.2) is 23.1 Å². The van der Waals surface area contributed by atoms with Gasteiger partial charge in [0.05, 0.1) is 17.6 Å². The van der Waals surface area contributed by atoms with Crippen LogP contribution in [0, 0.1) is 0 Å². The van der Waals surface area contributed by atoms with E-state index in [1.165, 1.54) is 18.2 Å². The van der Waals surface area contributed by atoms with Gasteiger partial charge in [0.2, 0.25) is 0 Å². The van der Waals surface area contributed by atoms with E-state index in [9.17, 15) is 18.0 Å². The number of nitrogens with zero attached hydrogens (tertiary/aromatic N) is 3. The standard InChI is InChI=1S/C14H11ClF3N7OS/c15-10-12(20)25-11(19)9(24-10)13(26)21-4-8-22-6-2-1-5(3-7(6)23-8)27-14(16,17)18/h1-3H,4H2,(H,21,26)(H,22,23)(H4,19,20,25). The smallest absolute Gasteiger partial charge is 0.382 e. The van der Waals surface area contributed by atoms with E-state index in [0.717, 1.165) is 0 Å². The van der Waals surface area contributed by atoms with E-state index >= 15 is 0 Å². The molecule has 1 amide bonds. The van der Waals surface area contributed by atoms with E-state index in [-0.39, 0.29) is 45.7 Å². The Hall–Kier alpha value is -2.73. The molecule has 8 nitrogen and oxygen atoms in total. The molecule has 3 rings (SSSR count). The van der Waals surface area contributed by atoms with Gasteiger partial charge in [-0.2, -0.15) is 13.2 Å². The van der Waals surface area contributed by atoms with E-state index in [2.05, 4.69) is 25.3 Å². The van der Waals surface area contributed by atoms with Gasteiger partial charge in [-0.25, -0.2) is 15.0 Å². The maximum absolute atomic E-state index is 12.5. The number of imidazole rings is 1. The fraction of sp³-hybridized carbons (Fsp3) is 0.143. The molecule has 0 radical (unpaired) electrons. The van der Waals surface area contributed by atoms with Crippen LogP contribution in [0.25, 0.3) is 11.0 Å². The summed E-state index contributed by atoms with van der Waals surface area (Å²) in [6.45, 7) is -0.0433. The number of halogens is 4. The summed E-state index contributed by atoms with van der Waals surface area (Å²) in [5.41, 5.74) is 7.32. The summed E-state index contributed by atoms with van der Waals surface area (Å²) >= 11 is 5.50. The fourth-order valence-corrected chi connectivity index (χ4v) is 2.88. The first-order valence-electron chi connectivity index (χ1n) is 7.23. The average molecular weight is 418 g/mol. The highest BCUT2D eigenvalue weighted by Gasteiger charge is 2.29. The lowest BCUT2D eigenvalue weighted by atomic mass is 10.3. The minimum absolute atomic E-state index is 0.0108. The summed E-state index contributed by atoms with van der Waals surface area (Å²) in [5.74, 6) is -0.611. The zero-order valence-electron chi connectivity index (χ0n) is 13.3. The van der Waals surface area contributed by atoms with Crippen molar-refractivity contribution in [2.75, 3.05) is 11.5 Å². The fourth-order valence-electron chi connectivity index (χ4n) is 2.18. The number of benzene rings is 1. The molecule has 0 unspecified atom stereocenters. The summed E-state index contributed by atoms with van der Waals surface area (Å²) in [6, 6.07) is 4.11. The molecule has 0 fully saturated rings. The normalized spacial score (nSPS) is 11.7. The molecule has 0 spiro atoms. The number of rotatable bonds is 4. The molecule has 0 aliphatic rings.